The first-order chi connectivity index (χ1) is 12.1. The molecule has 0 spiro atoms. The van der Waals surface area contributed by atoms with E-state index in [-0.39, 0.29) is 11.9 Å². The molecule has 1 fully saturated rings. The van der Waals surface area contributed by atoms with Crippen LogP contribution in [-0.2, 0) is 11.3 Å². The van der Waals surface area contributed by atoms with E-state index in [9.17, 15) is 4.79 Å². The molecule has 1 saturated heterocycles. The van der Waals surface area contributed by atoms with Crippen LogP contribution in [0.25, 0.3) is 0 Å². The Hall–Kier alpha value is -2.34. The summed E-state index contributed by atoms with van der Waals surface area (Å²) in [5, 5.41) is 7.93. The van der Waals surface area contributed by atoms with Gasteiger partial charge in [0.2, 0.25) is 5.91 Å². The minimum Gasteiger partial charge on any atom is -0.496 e. The molecule has 1 aliphatic rings. The average molecular weight is 342 g/mol. The lowest BCUT2D eigenvalue weighted by atomic mass is 10.0. The lowest BCUT2D eigenvalue weighted by molar-refractivity contribution is -0.132. The number of methoxy groups -OCH3 is 1. The minimum absolute atomic E-state index is 0.203. The number of carbonyl (C=O) groups is 1. The Balaban J connectivity index is 1.71. The Morgan fingerprint density at radius 1 is 1.44 bits per heavy atom. The number of carbonyl (C=O) groups excluding carboxylic acids is 1. The van der Waals surface area contributed by atoms with Gasteiger partial charge in [0.15, 0.2) is 0 Å². The van der Waals surface area contributed by atoms with Gasteiger partial charge in [-0.05, 0) is 37.1 Å². The predicted octanol–water partition coefficient (Wildman–Crippen LogP) is 2.21. The van der Waals surface area contributed by atoms with Gasteiger partial charge in [0.05, 0.1) is 13.7 Å². The first-order valence-corrected chi connectivity index (χ1v) is 8.71. The molecule has 0 bridgehead atoms. The highest BCUT2D eigenvalue weighted by atomic mass is 16.5. The number of hydrogen-bond donors (Lipinski definition) is 1. The van der Waals surface area contributed by atoms with Crippen molar-refractivity contribution < 1.29 is 9.53 Å². The van der Waals surface area contributed by atoms with Crippen LogP contribution in [-0.4, -0.2) is 47.3 Å². The number of rotatable bonds is 6. The van der Waals surface area contributed by atoms with Crippen LogP contribution in [0.2, 0.25) is 0 Å². The van der Waals surface area contributed by atoms with Crippen LogP contribution in [0.15, 0.2) is 36.7 Å². The second kappa shape index (κ2) is 7.70. The van der Waals surface area contributed by atoms with Gasteiger partial charge in [-0.1, -0.05) is 6.07 Å². The van der Waals surface area contributed by atoms with Crippen molar-refractivity contribution in [2.24, 2.45) is 0 Å². The summed E-state index contributed by atoms with van der Waals surface area (Å²) in [6.45, 7) is 3.60. The molecule has 134 valence electrons. The highest BCUT2D eigenvalue weighted by Crippen LogP contribution is 2.25. The molecule has 0 saturated carbocycles. The molecule has 3 rings (SSSR count). The fourth-order valence-electron chi connectivity index (χ4n) is 3.36. The van der Waals surface area contributed by atoms with Crippen LogP contribution in [0, 0.1) is 0 Å². The smallest absolute Gasteiger partial charge is 0.222 e. The van der Waals surface area contributed by atoms with Gasteiger partial charge in [0.1, 0.15) is 5.75 Å². The summed E-state index contributed by atoms with van der Waals surface area (Å²) in [5.41, 5.74) is 2.32. The van der Waals surface area contributed by atoms with Gasteiger partial charge >= 0.3 is 0 Å². The average Bonchev–Trinajstić information content (AvgIpc) is 3.11. The van der Waals surface area contributed by atoms with Gasteiger partial charge in [0, 0.05) is 50.1 Å². The third-order valence-corrected chi connectivity index (χ3v) is 4.81. The van der Waals surface area contributed by atoms with Crippen molar-refractivity contribution in [2.45, 2.75) is 38.4 Å². The maximum atomic E-state index is 11.6. The quantitative estimate of drug-likeness (QED) is 0.874. The van der Waals surface area contributed by atoms with Crippen molar-refractivity contribution >= 4 is 5.91 Å². The summed E-state index contributed by atoms with van der Waals surface area (Å²) in [5.74, 6) is 1.10. The Labute approximate surface area is 148 Å². The summed E-state index contributed by atoms with van der Waals surface area (Å²) >= 11 is 0. The molecule has 2 aromatic rings. The fraction of sp³-hybridized carbons (Fsp3) is 0.474. The number of piperidine rings is 1. The van der Waals surface area contributed by atoms with Crippen LogP contribution in [0.3, 0.4) is 0 Å². The normalized spacial score (nSPS) is 19.1. The van der Waals surface area contributed by atoms with E-state index >= 15 is 0 Å². The molecule has 1 aliphatic heterocycles. The van der Waals surface area contributed by atoms with E-state index in [0.29, 0.717) is 19.0 Å². The van der Waals surface area contributed by atoms with E-state index in [1.54, 1.807) is 13.3 Å². The lowest BCUT2D eigenvalue weighted by Gasteiger charge is -2.32. The second-order valence-corrected chi connectivity index (χ2v) is 6.67. The van der Waals surface area contributed by atoms with Crippen molar-refractivity contribution in [3.8, 4) is 5.75 Å². The van der Waals surface area contributed by atoms with Gasteiger partial charge in [-0.25, -0.2) is 0 Å². The third kappa shape index (κ3) is 4.20. The van der Waals surface area contributed by atoms with Crippen LogP contribution >= 0.6 is 0 Å². The Bertz CT molecular complexity index is 714. The molecule has 2 atom stereocenters. The van der Waals surface area contributed by atoms with Crippen molar-refractivity contribution in [3.63, 3.8) is 0 Å². The molecular formula is C19H26N4O2. The Morgan fingerprint density at radius 2 is 2.28 bits per heavy atom. The molecule has 1 aromatic carbocycles. The number of likely N-dealkylation sites (tertiary alicyclic amines) is 1. The predicted molar refractivity (Wildman–Crippen MR) is 96.5 cm³/mol. The van der Waals surface area contributed by atoms with E-state index in [0.717, 1.165) is 24.3 Å². The van der Waals surface area contributed by atoms with Crippen molar-refractivity contribution in [1.82, 2.24) is 20.0 Å². The fourth-order valence-corrected chi connectivity index (χ4v) is 3.36. The minimum atomic E-state index is 0.203. The highest BCUT2D eigenvalue weighted by Gasteiger charge is 2.24. The van der Waals surface area contributed by atoms with Crippen LogP contribution in [0.1, 0.15) is 36.9 Å². The van der Waals surface area contributed by atoms with Gasteiger partial charge in [-0.15, -0.1) is 0 Å². The summed E-state index contributed by atoms with van der Waals surface area (Å²) < 4.78 is 7.39. The number of aromatic nitrogens is 2. The molecule has 25 heavy (non-hydrogen) atoms. The zero-order valence-corrected chi connectivity index (χ0v) is 15.1. The number of likely N-dealkylation sites (N-methyl/N-ethyl adjacent to an activating group) is 1. The monoisotopic (exact) mass is 342 g/mol. The second-order valence-electron chi connectivity index (χ2n) is 6.67. The molecule has 1 amide bonds. The molecule has 6 nitrogen and oxygen atoms in total. The number of nitrogens with one attached hydrogen (secondary N) is 1. The largest absolute Gasteiger partial charge is 0.496 e. The lowest BCUT2D eigenvalue weighted by Crippen LogP contribution is -2.47. The molecule has 0 radical (unpaired) electrons. The van der Waals surface area contributed by atoms with Gasteiger partial charge in [-0.2, -0.15) is 5.10 Å². The molecule has 2 heterocycles. The number of nitrogens with zero attached hydrogens (tertiary/aromatic N) is 3. The molecule has 1 aromatic heterocycles. The first-order valence-electron chi connectivity index (χ1n) is 8.71. The SMILES string of the molecule is COc1ccc([C@@H](C)N[C@H]2CCC(=O)N(C)C2)cc1Cn1cccn1. The summed E-state index contributed by atoms with van der Waals surface area (Å²) in [6.07, 6.45) is 5.24. The third-order valence-electron chi connectivity index (χ3n) is 4.81. The van der Waals surface area contributed by atoms with Crippen LogP contribution in [0.5, 0.6) is 5.75 Å². The van der Waals surface area contributed by atoms with Gasteiger partial charge in [0.25, 0.3) is 0 Å². The summed E-state index contributed by atoms with van der Waals surface area (Å²) in [7, 11) is 3.56. The number of benzene rings is 1. The zero-order valence-electron chi connectivity index (χ0n) is 15.1. The summed E-state index contributed by atoms with van der Waals surface area (Å²) in [4.78, 5) is 13.4. The van der Waals surface area contributed by atoms with E-state index in [1.165, 1.54) is 5.56 Å². The van der Waals surface area contributed by atoms with Crippen molar-refractivity contribution in [1.29, 1.82) is 0 Å². The van der Waals surface area contributed by atoms with Crippen molar-refractivity contribution in [2.75, 3.05) is 20.7 Å². The van der Waals surface area contributed by atoms with E-state index in [4.69, 9.17) is 4.74 Å². The molecular weight excluding hydrogens is 316 g/mol. The molecule has 6 heteroatoms. The molecule has 0 unspecified atom stereocenters. The van der Waals surface area contributed by atoms with E-state index < -0.39 is 0 Å². The van der Waals surface area contributed by atoms with Crippen LogP contribution in [0.4, 0.5) is 0 Å². The van der Waals surface area contributed by atoms with Gasteiger partial charge < -0.3 is 15.0 Å². The zero-order chi connectivity index (χ0) is 17.8. The van der Waals surface area contributed by atoms with E-state index in [1.807, 2.05) is 35.0 Å². The first kappa shape index (κ1) is 17.5. The maximum Gasteiger partial charge on any atom is 0.222 e. The molecule has 0 aliphatic carbocycles. The Morgan fingerprint density at radius 3 is 2.96 bits per heavy atom. The number of ether oxygens (including phenoxy) is 1. The Kier molecular flexibility index (Phi) is 5.38. The summed E-state index contributed by atoms with van der Waals surface area (Å²) in [6, 6.07) is 8.74. The maximum absolute atomic E-state index is 11.6. The van der Waals surface area contributed by atoms with Gasteiger partial charge in [-0.3, -0.25) is 9.48 Å². The standard InChI is InChI=1S/C19H26N4O2/c1-14(21-17-6-8-19(24)22(2)13-17)15-5-7-18(25-3)16(11-15)12-23-10-4-9-20-23/h4-5,7,9-11,14,17,21H,6,8,12-13H2,1-3H3/t14-,17+/m1/s1. The number of hydrogen-bond acceptors (Lipinski definition) is 4. The van der Waals surface area contributed by atoms with E-state index in [2.05, 4.69) is 29.5 Å². The molecule has 1 N–H and O–H groups in total. The topological polar surface area (TPSA) is 59.4 Å². The van der Waals surface area contributed by atoms with Crippen LogP contribution < -0.4 is 10.1 Å². The van der Waals surface area contributed by atoms with Crippen molar-refractivity contribution in [3.05, 3.63) is 47.8 Å². The highest BCUT2D eigenvalue weighted by molar-refractivity contribution is 5.76. The number of amides is 1.